The van der Waals surface area contributed by atoms with Crippen molar-refractivity contribution in [3.8, 4) is 0 Å². The van der Waals surface area contributed by atoms with Gasteiger partial charge in [0.2, 0.25) is 0 Å². The van der Waals surface area contributed by atoms with E-state index in [4.69, 9.17) is 9.47 Å². The summed E-state index contributed by atoms with van der Waals surface area (Å²) in [6, 6.07) is 0. The lowest BCUT2D eigenvalue weighted by molar-refractivity contribution is -0.183. The van der Waals surface area contributed by atoms with Gasteiger partial charge in [0, 0.05) is 12.8 Å². The van der Waals surface area contributed by atoms with Crippen LogP contribution in [0.25, 0.3) is 0 Å². The highest BCUT2D eigenvalue weighted by Crippen LogP contribution is 2.46. The normalized spacial score (nSPS) is 42.8. The second-order valence-corrected chi connectivity index (χ2v) is 6.36. The molecule has 0 aromatic rings. The summed E-state index contributed by atoms with van der Waals surface area (Å²) >= 11 is 0. The Morgan fingerprint density at radius 1 is 1.32 bits per heavy atom. The fraction of sp³-hybridized carbons (Fsp3) is 0.867. The molecule has 0 N–H and O–H groups in total. The predicted octanol–water partition coefficient (Wildman–Crippen LogP) is 2.70. The molecule has 4 heteroatoms. The Labute approximate surface area is 114 Å². The van der Waals surface area contributed by atoms with Crippen molar-refractivity contribution in [1.29, 1.82) is 0 Å². The smallest absolute Gasteiger partial charge is 0.309 e. The van der Waals surface area contributed by atoms with Crippen LogP contribution in [0.3, 0.4) is 0 Å². The number of esters is 2. The van der Waals surface area contributed by atoms with Crippen molar-refractivity contribution in [3.05, 3.63) is 0 Å². The molecule has 1 saturated heterocycles. The van der Waals surface area contributed by atoms with Crippen molar-refractivity contribution < 1.29 is 19.1 Å². The SMILES string of the molecule is CC(=O)O[C@H]1CC[C@]2(C)OC(=O)[C@H](C)CC[C@H]2[C@@H]1C. The Morgan fingerprint density at radius 2 is 2.00 bits per heavy atom. The van der Waals surface area contributed by atoms with E-state index in [1.807, 2.05) is 13.8 Å². The number of rotatable bonds is 1. The number of ether oxygens (including phenoxy) is 2. The monoisotopic (exact) mass is 268 g/mol. The first-order chi connectivity index (χ1) is 8.83. The minimum atomic E-state index is -0.391. The van der Waals surface area contributed by atoms with Crippen molar-refractivity contribution in [2.24, 2.45) is 17.8 Å². The van der Waals surface area contributed by atoms with Gasteiger partial charge in [0.15, 0.2) is 0 Å². The topological polar surface area (TPSA) is 52.6 Å². The summed E-state index contributed by atoms with van der Waals surface area (Å²) in [5, 5.41) is 0. The first-order valence-corrected chi connectivity index (χ1v) is 7.23. The summed E-state index contributed by atoms with van der Waals surface area (Å²) in [6.45, 7) is 7.53. The summed E-state index contributed by atoms with van der Waals surface area (Å²) in [7, 11) is 0. The average molecular weight is 268 g/mol. The molecule has 5 atom stereocenters. The molecule has 1 saturated carbocycles. The number of carbonyl (C=O) groups excluding carboxylic acids is 2. The van der Waals surface area contributed by atoms with Crippen molar-refractivity contribution in [2.45, 2.75) is 65.1 Å². The molecule has 1 aliphatic carbocycles. The molecule has 0 amide bonds. The van der Waals surface area contributed by atoms with Gasteiger partial charge in [-0.3, -0.25) is 9.59 Å². The van der Waals surface area contributed by atoms with Gasteiger partial charge in [-0.2, -0.15) is 0 Å². The Balaban J connectivity index is 2.17. The number of hydrogen-bond acceptors (Lipinski definition) is 4. The van der Waals surface area contributed by atoms with Crippen molar-refractivity contribution in [3.63, 3.8) is 0 Å². The predicted molar refractivity (Wildman–Crippen MR) is 70.3 cm³/mol. The van der Waals surface area contributed by atoms with Gasteiger partial charge in [-0.1, -0.05) is 13.8 Å². The maximum absolute atomic E-state index is 11.9. The van der Waals surface area contributed by atoms with Crippen LogP contribution < -0.4 is 0 Å². The van der Waals surface area contributed by atoms with Crippen molar-refractivity contribution >= 4 is 11.9 Å². The van der Waals surface area contributed by atoms with E-state index in [0.717, 1.165) is 25.7 Å². The number of fused-ring (bicyclic) bond motifs is 1. The Bertz CT molecular complexity index is 378. The van der Waals surface area contributed by atoms with Crippen molar-refractivity contribution in [2.75, 3.05) is 0 Å². The van der Waals surface area contributed by atoms with E-state index in [9.17, 15) is 9.59 Å². The fourth-order valence-electron chi connectivity index (χ4n) is 3.64. The number of hydrogen-bond donors (Lipinski definition) is 0. The third-order valence-corrected chi connectivity index (χ3v) is 4.89. The summed E-state index contributed by atoms with van der Waals surface area (Å²) in [5.41, 5.74) is -0.391. The van der Waals surface area contributed by atoms with Crippen LogP contribution in [0, 0.1) is 17.8 Å². The molecule has 1 aliphatic heterocycles. The molecule has 2 aliphatic rings. The Hall–Kier alpha value is -1.06. The zero-order chi connectivity index (χ0) is 14.2. The van der Waals surface area contributed by atoms with Crippen LogP contribution in [0.1, 0.15) is 53.4 Å². The van der Waals surface area contributed by atoms with Gasteiger partial charge in [0.25, 0.3) is 0 Å². The zero-order valence-electron chi connectivity index (χ0n) is 12.3. The molecule has 0 aromatic carbocycles. The molecule has 2 rings (SSSR count). The van der Waals surface area contributed by atoms with Crippen LogP contribution in [-0.2, 0) is 19.1 Å². The third kappa shape index (κ3) is 2.77. The molecule has 0 bridgehead atoms. The second-order valence-electron chi connectivity index (χ2n) is 6.36. The minimum Gasteiger partial charge on any atom is -0.462 e. The third-order valence-electron chi connectivity index (χ3n) is 4.89. The first-order valence-electron chi connectivity index (χ1n) is 7.23. The molecule has 0 aromatic heterocycles. The highest BCUT2D eigenvalue weighted by atomic mass is 16.6. The van der Waals surface area contributed by atoms with Gasteiger partial charge >= 0.3 is 11.9 Å². The van der Waals surface area contributed by atoms with E-state index in [0.29, 0.717) is 0 Å². The fourth-order valence-corrected chi connectivity index (χ4v) is 3.64. The maximum Gasteiger partial charge on any atom is 0.309 e. The highest BCUT2D eigenvalue weighted by molar-refractivity contribution is 5.72. The lowest BCUT2D eigenvalue weighted by Gasteiger charge is -2.46. The molecule has 19 heavy (non-hydrogen) atoms. The van der Waals surface area contributed by atoms with Crippen molar-refractivity contribution in [1.82, 2.24) is 0 Å². The number of carbonyl (C=O) groups is 2. The molecule has 1 heterocycles. The molecular formula is C15H24O4. The lowest BCUT2D eigenvalue weighted by Crippen LogP contribution is -2.50. The Kier molecular flexibility index (Phi) is 3.88. The second kappa shape index (κ2) is 5.14. The van der Waals surface area contributed by atoms with Crippen LogP contribution in [0.5, 0.6) is 0 Å². The van der Waals surface area contributed by atoms with Gasteiger partial charge < -0.3 is 9.47 Å². The molecule has 2 fully saturated rings. The zero-order valence-corrected chi connectivity index (χ0v) is 12.3. The van der Waals surface area contributed by atoms with Crippen LogP contribution in [0.2, 0.25) is 0 Å². The maximum atomic E-state index is 11.9. The molecule has 108 valence electrons. The highest BCUT2D eigenvalue weighted by Gasteiger charge is 2.50. The van der Waals surface area contributed by atoms with E-state index in [2.05, 4.69) is 6.92 Å². The van der Waals surface area contributed by atoms with E-state index >= 15 is 0 Å². The van der Waals surface area contributed by atoms with Gasteiger partial charge in [-0.25, -0.2) is 0 Å². The molecule has 0 radical (unpaired) electrons. The van der Waals surface area contributed by atoms with Gasteiger partial charge in [-0.05, 0) is 38.5 Å². The van der Waals surface area contributed by atoms with Crippen LogP contribution in [0.4, 0.5) is 0 Å². The summed E-state index contributed by atoms with van der Waals surface area (Å²) < 4.78 is 11.2. The first kappa shape index (κ1) is 14.4. The molecule has 4 nitrogen and oxygen atoms in total. The van der Waals surface area contributed by atoms with E-state index in [-0.39, 0.29) is 35.8 Å². The van der Waals surface area contributed by atoms with E-state index < -0.39 is 5.60 Å². The van der Waals surface area contributed by atoms with Gasteiger partial charge in [-0.15, -0.1) is 0 Å². The van der Waals surface area contributed by atoms with Crippen LogP contribution >= 0.6 is 0 Å². The molecular weight excluding hydrogens is 244 g/mol. The van der Waals surface area contributed by atoms with Gasteiger partial charge in [0.05, 0.1) is 5.92 Å². The summed E-state index contributed by atoms with van der Waals surface area (Å²) in [5.74, 6) is 0.185. The van der Waals surface area contributed by atoms with Crippen LogP contribution in [0.15, 0.2) is 0 Å². The summed E-state index contributed by atoms with van der Waals surface area (Å²) in [6.07, 6.45) is 3.33. The van der Waals surface area contributed by atoms with Gasteiger partial charge in [0.1, 0.15) is 11.7 Å². The quantitative estimate of drug-likeness (QED) is 0.686. The average Bonchev–Trinajstić information content (AvgIpc) is 2.42. The molecule has 0 unspecified atom stereocenters. The lowest BCUT2D eigenvalue weighted by atomic mass is 9.67. The van der Waals surface area contributed by atoms with E-state index in [1.165, 1.54) is 6.92 Å². The Morgan fingerprint density at radius 3 is 2.63 bits per heavy atom. The standard InChI is InChI=1S/C15H24O4/c1-9-5-6-12-10(2)13(18-11(3)16)7-8-15(12,4)19-14(9)17/h9-10,12-13H,5-8H2,1-4H3/t9-,10+,12+,13+,15+/m1/s1. The van der Waals surface area contributed by atoms with Crippen LogP contribution in [-0.4, -0.2) is 23.6 Å². The minimum absolute atomic E-state index is 0.0261. The largest absolute Gasteiger partial charge is 0.462 e. The summed E-state index contributed by atoms with van der Waals surface area (Å²) in [4.78, 5) is 23.1. The van der Waals surface area contributed by atoms with E-state index in [1.54, 1.807) is 0 Å². The molecule has 0 spiro atoms.